The number of hydrogen-bond donors (Lipinski definition) is 0. The molecule has 0 aromatic heterocycles. The topological polar surface area (TPSA) is 0 Å². The third-order valence-corrected chi connectivity index (χ3v) is 0. The van der Waals surface area contributed by atoms with Crippen LogP contribution in [0.1, 0.15) is 0 Å². The molecule has 0 spiro atoms. The zero-order chi connectivity index (χ0) is 0. The average molecular weight is 364 g/mol. The summed E-state index contributed by atoms with van der Waals surface area (Å²) in [6.07, 6.45) is 0. The van der Waals surface area contributed by atoms with Crippen molar-refractivity contribution in [3.63, 3.8) is 0 Å². The summed E-state index contributed by atoms with van der Waals surface area (Å²) in [7, 11) is 0. The maximum Gasteiger partial charge on any atom is 0 e. The monoisotopic (exact) mass is 363 g/mol. The Morgan fingerprint density at radius 1 is 1.00 bits per heavy atom. The van der Waals surface area contributed by atoms with Crippen molar-refractivity contribution in [2.24, 2.45) is 0 Å². The first-order valence-electron chi connectivity index (χ1n) is 0. The van der Waals surface area contributed by atoms with Crippen molar-refractivity contribution in [2.45, 2.75) is 0 Å². The van der Waals surface area contributed by atoms with Crippen LogP contribution in [0, 0.1) is 0 Å². The van der Waals surface area contributed by atoms with Crippen molar-refractivity contribution in [3.05, 3.63) is 0 Å². The van der Waals surface area contributed by atoms with Gasteiger partial charge in [-0.25, -0.2) is 0 Å². The van der Waals surface area contributed by atoms with E-state index in [0.717, 1.165) is 0 Å². The molecule has 0 heterocycles. The second-order valence-electron chi connectivity index (χ2n) is 0. The molecular formula is H4MnPbSZn. The SMILES string of the molecule is S.[Mn].[PbH2].[Zn]. The largest absolute Gasteiger partial charge is 0 e. The van der Waals surface area contributed by atoms with Crippen LogP contribution in [-0.2, 0) is 36.5 Å². The van der Waals surface area contributed by atoms with E-state index >= 15 is 0 Å². The Labute approximate surface area is 76.3 Å². The van der Waals surface area contributed by atoms with E-state index in [-0.39, 0.29) is 77.3 Å². The van der Waals surface area contributed by atoms with E-state index in [0.29, 0.717) is 0 Å². The van der Waals surface area contributed by atoms with E-state index < -0.39 is 0 Å². The van der Waals surface area contributed by atoms with E-state index in [9.17, 15) is 0 Å². The van der Waals surface area contributed by atoms with E-state index in [4.69, 9.17) is 0 Å². The molecule has 0 bridgehead atoms. The van der Waals surface area contributed by atoms with E-state index in [1.54, 1.807) is 0 Å². The summed E-state index contributed by atoms with van der Waals surface area (Å²) >= 11 is 0. The van der Waals surface area contributed by atoms with E-state index in [1.165, 1.54) is 0 Å². The molecule has 0 unspecified atom stereocenters. The van der Waals surface area contributed by atoms with Crippen molar-refractivity contribution < 1.29 is 36.5 Å². The molecule has 0 aromatic rings. The van der Waals surface area contributed by atoms with Crippen LogP contribution >= 0.6 is 13.5 Å². The Bertz CT molecular complexity index is 8.00. The second kappa shape index (κ2) is 18.1. The molecule has 0 fully saturated rings. The minimum Gasteiger partial charge on any atom is 0 e. The Kier molecular flexibility index (Phi) is 146. The van der Waals surface area contributed by atoms with Crippen molar-refractivity contribution in [1.82, 2.24) is 0 Å². The molecule has 4 heteroatoms. The van der Waals surface area contributed by atoms with Crippen molar-refractivity contribution in [2.75, 3.05) is 0 Å². The second-order valence-corrected chi connectivity index (χ2v) is 0. The van der Waals surface area contributed by atoms with Gasteiger partial charge in [-0.15, -0.1) is 0 Å². The summed E-state index contributed by atoms with van der Waals surface area (Å²) in [4.78, 5) is 0. The van der Waals surface area contributed by atoms with E-state index in [1.807, 2.05) is 0 Å². The standard InChI is InChI=1S/Mn.Pb.H2S.Zn.2H/h;;1H2;;;. The van der Waals surface area contributed by atoms with Gasteiger partial charge in [0.2, 0.25) is 0 Å². The van der Waals surface area contributed by atoms with Crippen molar-refractivity contribution in [3.8, 4) is 0 Å². The van der Waals surface area contributed by atoms with Gasteiger partial charge in [-0.2, -0.15) is 13.5 Å². The normalized spacial score (nSPS) is 0. The van der Waals surface area contributed by atoms with Gasteiger partial charge in [0.05, 0.1) is 0 Å². The van der Waals surface area contributed by atoms with Gasteiger partial charge in [-0.3, -0.25) is 0 Å². The van der Waals surface area contributed by atoms with Gasteiger partial charge >= 0.3 is 27.3 Å². The Morgan fingerprint density at radius 3 is 1.00 bits per heavy atom. The van der Waals surface area contributed by atoms with Crippen LogP contribution in [0.25, 0.3) is 0 Å². The van der Waals surface area contributed by atoms with Gasteiger partial charge in [0.15, 0.2) is 0 Å². The predicted molar refractivity (Wildman–Crippen MR) is 18.9 cm³/mol. The maximum absolute atomic E-state index is 0. The van der Waals surface area contributed by atoms with Gasteiger partial charge in [0, 0.05) is 36.5 Å². The molecule has 0 atom stereocenters. The average Bonchev–Trinajstić information content (AvgIpc) is 0. The Morgan fingerprint density at radius 2 is 1.00 bits per heavy atom. The zero-order valence-corrected chi connectivity index (χ0v) is 12.9. The quantitative estimate of drug-likeness (QED) is 0.494. The first-order chi connectivity index (χ1) is 0. The summed E-state index contributed by atoms with van der Waals surface area (Å²) in [5.74, 6) is 0. The third kappa shape index (κ3) is 8.83. The van der Waals surface area contributed by atoms with Crippen LogP contribution < -0.4 is 0 Å². The smallest absolute Gasteiger partial charge is 0 e. The molecule has 0 nitrogen and oxygen atoms in total. The number of rotatable bonds is 0. The Hall–Kier alpha value is 2.41. The van der Waals surface area contributed by atoms with Gasteiger partial charge in [0.1, 0.15) is 0 Å². The molecule has 23 valence electrons. The minimum absolute atomic E-state index is 0. The molecule has 0 aliphatic rings. The fourth-order valence-corrected chi connectivity index (χ4v) is 0. The molecule has 0 rings (SSSR count). The van der Waals surface area contributed by atoms with Crippen molar-refractivity contribution in [1.29, 1.82) is 0 Å². The van der Waals surface area contributed by atoms with Gasteiger partial charge in [-0.05, 0) is 0 Å². The summed E-state index contributed by atoms with van der Waals surface area (Å²) < 4.78 is 0. The first kappa shape index (κ1) is 32.3. The molecule has 4 heavy (non-hydrogen) atoms. The molecule has 0 aliphatic heterocycles. The summed E-state index contributed by atoms with van der Waals surface area (Å²) in [5, 5.41) is 0. The van der Waals surface area contributed by atoms with Crippen molar-refractivity contribution >= 4 is 40.8 Å². The molecule has 0 amide bonds. The predicted octanol–water partition coefficient (Wildman–Crippen LogP) is -0.808. The molecule has 3 radical (unpaired) electrons. The minimum atomic E-state index is 0. The van der Waals surface area contributed by atoms with Crippen LogP contribution in [0.5, 0.6) is 0 Å². The molecule has 0 saturated heterocycles. The molecule has 0 saturated carbocycles. The maximum atomic E-state index is 0. The fraction of sp³-hybridized carbons (Fsp3) is 0. The van der Waals surface area contributed by atoms with E-state index in [2.05, 4.69) is 0 Å². The first-order valence-corrected chi connectivity index (χ1v) is 0. The fourth-order valence-electron chi connectivity index (χ4n) is 0. The summed E-state index contributed by atoms with van der Waals surface area (Å²) in [6, 6.07) is 0. The zero-order valence-electron chi connectivity index (χ0n) is 2.29. The van der Waals surface area contributed by atoms with Gasteiger partial charge < -0.3 is 0 Å². The third-order valence-electron chi connectivity index (χ3n) is 0. The van der Waals surface area contributed by atoms with Crippen LogP contribution in [0.2, 0.25) is 0 Å². The summed E-state index contributed by atoms with van der Waals surface area (Å²) in [5.41, 5.74) is 0. The molecule has 0 N–H and O–H groups in total. The molecular weight excluding hydrogens is 360 g/mol. The number of hydrogen-bond acceptors (Lipinski definition) is 0. The van der Waals surface area contributed by atoms with Gasteiger partial charge in [-0.1, -0.05) is 0 Å². The van der Waals surface area contributed by atoms with Crippen LogP contribution in [0.15, 0.2) is 0 Å². The molecule has 0 aliphatic carbocycles. The Balaban J connectivity index is 0. The van der Waals surface area contributed by atoms with Crippen LogP contribution in [0.4, 0.5) is 0 Å². The van der Waals surface area contributed by atoms with Gasteiger partial charge in [0.25, 0.3) is 0 Å². The summed E-state index contributed by atoms with van der Waals surface area (Å²) in [6.45, 7) is 0. The van der Waals surface area contributed by atoms with Crippen LogP contribution in [0.3, 0.4) is 0 Å². The molecule has 0 aromatic carbocycles. The van der Waals surface area contributed by atoms with Crippen LogP contribution in [-0.4, -0.2) is 27.3 Å².